The summed E-state index contributed by atoms with van der Waals surface area (Å²) in [5.74, 6) is 0.383. The number of hydrogen-bond donors (Lipinski definition) is 5. The van der Waals surface area contributed by atoms with E-state index in [1.54, 1.807) is 24.3 Å². The number of ether oxygens (including phenoxy) is 9. The van der Waals surface area contributed by atoms with Crippen molar-refractivity contribution < 1.29 is 102 Å². The van der Waals surface area contributed by atoms with Gasteiger partial charge in [-0.05, 0) is 75.6 Å². The summed E-state index contributed by atoms with van der Waals surface area (Å²) in [4.78, 5) is 153. The van der Waals surface area contributed by atoms with Crippen LogP contribution in [0.4, 0.5) is 0 Å². The van der Waals surface area contributed by atoms with Crippen LogP contribution < -0.4 is 65.7 Å². The van der Waals surface area contributed by atoms with Gasteiger partial charge in [0, 0.05) is 124 Å². The molecule has 10 heterocycles. The van der Waals surface area contributed by atoms with Crippen molar-refractivity contribution in [1.82, 2.24) is 47.8 Å². The largest absolute Gasteiger partial charge is 0.497 e. The number of aromatic nitrogens is 10. The molecule has 5 aliphatic heterocycles. The Balaban J connectivity index is 0.731. The summed E-state index contributed by atoms with van der Waals surface area (Å²) < 4.78 is 170. The van der Waals surface area contributed by atoms with Crippen molar-refractivity contribution in [1.29, 1.82) is 0 Å². The van der Waals surface area contributed by atoms with Gasteiger partial charge in [-0.3, -0.25) is 94.8 Å². The van der Waals surface area contributed by atoms with E-state index in [1.165, 1.54) is 84.4 Å². The van der Waals surface area contributed by atoms with E-state index in [-0.39, 0.29) is 66.5 Å². The van der Waals surface area contributed by atoms with Crippen LogP contribution in [0.1, 0.15) is 115 Å². The first-order chi connectivity index (χ1) is 58.2. The van der Waals surface area contributed by atoms with Crippen molar-refractivity contribution in [3.8, 4) is 11.5 Å². The molecule has 13 rings (SSSR count). The van der Waals surface area contributed by atoms with Gasteiger partial charge in [0.05, 0.1) is 71.7 Å². The van der Waals surface area contributed by atoms with Crippen molar-refractivity contribution in [3.63, 3.8) is 0 Å². The average molecular weight is 1800 g/mol. The minimum Gasteiger partial charge on any atom is -0.497 e. The van der Waals surface area contributed by atoms with Crippen molar-refractivity contribution in [3.05, 3.63) is 259 Å². The van der Waals surface area contributed by atoms with E-state index < -0.39 is 217 Å². The number of H-pyrrole nitrogens is 5. The zero-order valence-corrected chi connectivity index (χ0v) is 72.3. The molecule has 3 aromatic carbocycles. The zero-order valence-electron chi connectivity index (χ0n) is 68.7. The van der Waals surface area contributed by atoms with E-state index in [9.17, 15) is 61.9 Å². The third kappa shape index (κ3) is 21.2. The second-order valence-corrected chi connectivity index (χ2v) is 38.6. The molecule has 42 nitrogen and oxygen atoms in total. The molecule has 0 amide bonds. The monoisotopic (exact) mass is 1790 g/mol. The van der Waals surface area contributed by atoms with E-state index in [0.717, 1.165) is 51.9 Å². The maximum atomic E-state index is 15.2. The highest BCUT2D eigenvalue weighted by atomic mass is 31.2. The van der Waals surface area contributed by atoms with E-state index in [4.69, 9.17) is 78.8 Å². The highest BCUT2D eigenvalue weighted by molar-refractivity contribution is 7.53. The van der Waals surface area contributed by atoms with Crippen LogP contribution in [0, 0.1) is 34.6 Å². The molecule has 0 spiro atoms. The summed E-state index contributed by atoms with van der Waals surface area (Å²) in [5, 5.41) is 0. The molecule has 8 aromatic rings. The van der Waals surface area contributed by atoms with Crippen LogP contribution in [-0.4, -0.2) is 189 Å². The smallest absolute Gasteiger partial charge is 0.330 e. The molecular weight excluding hydrogens is 1700 g/mol. The third-order valence-electron chi connectivity index (χ3n) is 21.3. The molecule has 5 aliphatic rings. The maximum absolute atomic E-state index is 15.2. The first-order valence-corrected chi connectivity index (χ1v) is 46.8. The minimum atomic E-state index is -4.53. The number of aryl methyl sites for hydroxylation is 5. The van der Waals surface area contributed by atoms with Crippen molar-refractivity contribution >= 4 is 36.4 Å². The molecule has 0 radical (unpaired) electrons. The fourth-order valence-corrected chi connectivity index (χ4v) is 19.9. The van der Waals surface area contributed by atoms with Gasteiger partial charge in [0.25, 0.3) is 27.8 Å². The first-order valence-electron chi connectivity index (χ1n) is 38.8. The normalized spacial score (nSPS) is 26.0. The standard InChI is InChI=1S/C77H94N10O32P4/c1-41-31-83(72(94)78-67(41)89)62-26-52(110-46(6)88)58(112-62)37-106-120(9,99)117-54-28-64(85-33-43(3)69(91)80-74(85)96)114-60(54)39-108-122(11,101)119-56-30-66(87-35-45(5)71(93)82-76(87)98)115-61(56)40-109-123(12,102)118-55-29-65(86-34-44(4)70(92)81-75(86)97)113-59(55)38-107-121(10,100)116-53-27-63(84-32-42(2)68(90)79-73(84)95)111-57(53)36-105-77(47-16-14-13-15-17-47,48-18-22-50(103-7)23-19-48)49-20-24-51(104-8)25-21-49/h13-25,31-35,52-66H,26-30,36-40H2,1-12H3,(H,78,89,94)(H,79,90,95)(H,80,91,96)(H,81,92,97)(H,82,93,98)/t52-,53-,54-,55-,56-,57+,58+,59+,60+,61+,62+,63+,64+,65+,66+,120?,121?,122?,123?/m0/s1. The van der Waals surface area contributed by atoms with Crippen LogP contribution in [0.2, 0.25) is 0 Å². The zero-order chi connectivity index (χ0) is 88.5. The summed E-state index contributed by atoms with van der Waals surface area (Å²) in [5.41, 5.74) is -6.68. The van der Waals surface area contributed by atoms with Crippen LogP contribution >= 0.6 is 30.4 Å². The molecule has 123 heavy (non-hydrogen) atoms. The van der Waals surface area contributed by atoms with Crippen LogP contribution in [0.5, 0.6) is 11.5 Å². The van der Waals surface area contributed by atoms with Gasteiger partial charge in [-0.25, -0.2) is 24.0 Å². The Morgan fingerprint density at radius 3 is 0.854 bits per heavy atom. The number of nitrogens with zero attached hydrogens (tertiary/aromatic N) is 5. The van der Waals surface area contributed by atoms with E-state index in [2.05, 4.69) is 24.9 Å². The Kier molecular flexibility index (Phi) is 27.7. The van der Waals surface area contributed by atoms with Crippen LogP contribution in [-0.2, 0) is 98.0 Å². The molecule has 5 saturated heterocycles. The van der Waals surface area contributed by atoms with Gasteiger partial charge in [-0.2, -0.15) is 0 Å². The van der Waals surface area contributed by atoms with Crippen molar-refractivity contribution in [2.75, 3.05) is 73.9 Å². The molecule has 5 aromatic heterocycles. The van der Waals surface area contributed by atoms with Crippen LogP contribution in [0.3, 0.4) is 0 Å². The van der Waals surface area contributed by atoms with Crippen molar-refractivity contribution in [2.45, 2.75) is 171 Å². The van der Waals surface area contributed by atoms with E-state index in [0.29, 0.717) is 28.2 Å². The van der Waals surface area contributed by atoms with Gasteiger partial charge < -0.3 is 78.8 Å². The van der Waals surface area contributed by atoms with Gasteiger partial charge in [0.1, 0.15) is 84.9 Å². The lowest BCUT2D eigenvalue weighted by Gasteiger charge is -2.37. The average Bonchev–Trinajstić information content (AvgIpc) is 1.24. The highest BCUT2D eigenvalue weighted by Gasteiger charge is 2.50. The molecular formula is C77H94N10O32P4. The summed E-state index contributed by atoms with van der Waals surface area (Å²) in [7, 11) is -14.7. The Morgan fingerprint density at radius 1 is 0.366 bits per heavy atom. The molecule has 0 bridgehead atoms. The second-order valence-electron chi connectivity index (χ2n) is 30.5. The minimum absolute atomic E-state index is 0.0753. The Bertz CT molecular complexity index is 6040. The van der Waals surface area contributed by atoms with Gasteiger partial charge in [-0.15, -0.1) is 0 Å². The summed E-state index contributed by atoms with van der Waals surface area (Å²) in [6.07, 6.45) is -14.2. The predicted molar refractivity (Wildman–Crippen MR) is 434 cm³/mol. The molecule has 0 saturated carbocycles. The number of esters is 1. The Hall–Kier alpha value is -9.51. The van der Waals surface area contributed by atoms with Crippen molar-refractivity contribution in [2.24, 2.45) is 0 Å². The molecule has 4 unspecified atom stereocenters. The number of methoxy groups -OCH3 is 2. The lowest BCUT2D eigenvalue weighted by Crippen LogP contribution is -2.38. The number of benzene rings is 3. The van der Waals surface area contributed by atoms with Gasteiger partial charge in [0.15, 0.2) is 0 Å². The number of hydrogen-bond acceptors (Lipinski definition) is 32. The summed E-state index contributed by atoms with van der Waals surface area (Å²) in [6.45, 7) is 9.75. The number of carbonyl (C=O) groups is 1. The predicted octanol–water partition coefficient (Wildman–Crippen LogP) is 5.57. The Labute approximate surface area is 698 Å². The molecule has 664 valence electrons. The fourth-order valence-electron chi connectivity index (χ4n) is 15.1. The second kappa shape index (κ2) is 37.3. The molecule has 46 heteroatoms. The Morgan fingerprint density at radius 2 is 0.602 bits per heavy atom. The SMILES string of the molecule is COc1ccc(C(OC[C@H]2O[C@@H](n3cc(C)c(=O)[nH]c3=O)C[C@@H]2OP(C)(=O)OC[C@H]2O[C@@H](n3cc(C)c(=O)[nH]c3=O)C[C@@H]2OP(C)(=O)OC[C@H]2O[C@@H](n3cc(C)c(=O)[nH]c3=O)C[C@@H]2OP(C)(=O)OC[C@H]2O[C@@H](n3cc(C)c(=O)[nH]c3=O)C[C@@H]2OP(C)(=O)OC[C@H]2O[C@@H](n3cc(C)c(=O)[nH]c3=O)C[C@@H]2OC(C)=O)(c2ccccc2)c2ccc(OC)cc2)cc1. The van der Waals surface area contributed by atoms with E-state index in [1.807, 2.05) is 54.6 Å². The van der Waals surface area contributed by atoms with Gasteiger partial charge in [0.2, 0.25) is 0 Å². The lowest BCUT2D eigenvalue weighted by atomic mass is 9.80. The fraction of sp³-hybridized carbons (Fsp3) is 0.494. The molecule has 5 fully saturated rings. The van der Waals surface area contributed by atoms with Gasteiger partial charge >= 0.3 is 64.8 Å². The van der Waals surface area contributed by atoms with E-state index >= 15 is 9.13 Å². The summed E-state index contributed by atoms with van der Waals surface area (Å²) in [6, 6.07) is 23.7. The molecule has 5 N–H and O–H groups in total. The topological polar surface area (TPSA) is 517 Å². The molecule has 0 aliphatic carbocycles. The third-order valence-corrected chi connectivity index (χ3v) is 26.4. The van der Waals surface area contributed by atoms with Crippen LogP contribution in [0.25, 0.3) is 0 Å². The number of aromatic amines is 5. The number of nitrogens with one attached hydrogen (secondary N) is 5. The molecule has 19 atom stereocenters. The summed E-state index contributed by atoms with van der Waals surface area (Å²) >= 11 is 0. The van der Waals surface area contributed by atoms with Gasteiger partial charge in [-0.1, -0.05) is 54.6 Å². The first kappa shape index (κ1) is 91.2. The quantitative estimate of drug-likeness (QED) is 0.0187. The lowest BCUT2D eigenvalue weighted by molar-refractivity contribution is -0.150. The number of rotatable bonds is 34. The number of carbonyl (C=O) groups excluding carboxylic acids is 1. The highest BCUT2D eigenvalue weighted by Crippen LogP contribution is 2.56. The van der Waals surface area contributed by atoms with Crippen LogP contribution in [0.15, 0.2) is 158 Å². The maximum Gasteiger partial charge on any atom is 0.330 e.